The van der Waals surface area contributed by atoms with Crippen molar-refractivity contribution >= 4 is 34.2 Å². The van der Waals surface area contributed by atoms with Crippen LogP contribution < -0.4 is 10.6 Å². The topological polar surface area (TPSA) is 50.4 Å². The first-order valence-corrected chi connectivity index (χ1v) is 6.93. The molecule has 2 N–H and O–H groups in total. The van der Waals surface area contributed by atoms with Crippen LogP contribution in [-0.2, 0) is 16.1 Å². The van der Waals surface area contributed by atoms with Crippen LogP contribution in [0, 0.1) is 5.82 Å². The largest absolute Gasteiger partial charge is 0.375 e. The molecule has 2 atom stereocenters. The number of ether oxygens (including phenoxy) is 1. The zero-order chi connectivity index (χ0) is 13.8. The molecule has 0 aromatic heterocycles. The third-order valence-corrected chi connectivity index (χ3v) is 3.45. The van der Waals surface area contributed by atoms with Gasteiger partial charge < -0.3 is 15.4 Å². The van der Waals surface area contributed by atoms with Crippen molar-refractivity contribution in [2.75, 3.05) is 13.2 Å². The molecule has 0 radical (unpaired) electrons. The molecule has 2 rings (SSSR count). The highest BCUT2D eigenvalue weighted by molar-refractivity contribution is 9.10. The molecule has 1 heterocycles. The van der Waals surface area contributed by atoms with Crippen LogP contribution in [0.2, 0.25) is 0 Å². The Hall–Kier alpha value is -0.690. The molecule has 0 bridgehead atoms. The Morgan fingerprint density at radius 1 is 1.55 bits per heavy atom. The fourth-order valence-corrected chi connectivity index (χ4v) is 2.55. The minimum absolute atomic E-state index is 0. The summed E-state index contributed by atoms with van der Waals surface area (Å²) >= 11 is 3.22. The molecule has 1 aliphatic rings. The molecule has 1 fully saturated rings. The van der Waals surface area contributed by atoms with Crippen molar-refractivity contribution < 1.29 is 13.9 Å². The van der Waals surface area contributed by atoms with E-state index >= 15 is 0 Å². The van der Waals surface area contributed by atoms with Crippen LogP contribution in [0.15, 0.2) is 22.7 Å². The highest BCUT2D eigenvalue weighted by atomic mass is 79.9. The highest BCUT2D eigenvalue weighted by Gasteiger charge is 2.27. The van der Waals surface area contributed by atoms with Crippen LogP contribution in [0.3, 0.4) is 0 Å². The van der Waals surface area contributed by atoms with E-state index in [9.17, 15) is 9.18 Å². The fourth-order valence-electron chi connectivity index (χ4n) is 2.04. The van der Waals surface area contributed by atoms with Gasteiger partial charge in [-0.25, -0.2) is 4.39 Å². The van der Waals surface area contributed by atoms with Crippen molar-refractivity contribution in [3.8, 4) is 0 Å². The summed E-state index contributed by atoms with van der Waals surface area (Å²) in [5.74, 6) is -0.460. The maximum Gasteiger partial charge on any atom is 0.240 e. The molecule has 0 aliphatic carbocycles. The lowest BCUT2D eigenvalue weighted by Gasteiger charge is -2.29. The van der Waals surface area contributed by atoms with E-state index in [0.717, 1.165) is 0 Å². The van der Waals surface area contributed by atoms with Gasteiger partial charge in [0.1, 0.15) is 11.9 Å². The van der Waals surface area contributed by atoms with E-state index in [4.69, 9.17) is 4.74 Å². The number of nitrogens with one attached hydrogen (secondary N) is 2. The van der Waals surface area contributed by atoms with Crippen molar-refractivity contribution in [1.82, 2.24) is 10.6 Å². The number of rotatable bonds is 3. The summed E-state index contributed by atoms with van der Waals surface area (Å²) in [5.41, 5.74) is 0.713. The van der Waals surface area contributed by atoms with Gasteiger partial charge in [-0.2, -0.15) is 0 Å². The number of halogens is 3. The van der Waals surface area contributed by atoms with Crippen LogP contribution in [0.4, 0.5) is 4.39 Å². The van der Waals surface area contributed by atoms with E-state index in [1.165, 1.54) is 12.1 Å². The predicted octanol–water partition coefficient (Wildman–Crippen LogP) is 2.00. The van der Waals surface area contributed by atoms with E-state index in [0.29, 0.717) is 29.7 Å². The highest BCUT2D eigenvalue weighted by Crippen LogP contribution is 2.15. The lowest BCUT2D eigenvalue weighted by atomic mass is 10.1. The molecule has 0 saturated carbocycles. The zero-order valence-electron chi connectivity index (χ0n) is 11.0. The van der Waals surface area contributed by atoms with Gasteiger partial charge in [-0.05, 0) is 30.7 Å². The first-order chi connectivity index (χ1) is 9.06. The quantitative estimate of drug-likeness (QED) is 0.859. The number of carbonyl (C=O) groups is 1. The second-order valence-electron chi connectivity index (χ2n) is 4.50. The van der Waals surface area contributed by atoms with Gasteiger partial charge in [-0.1, -0.05) is 15.9 Å². The SMILES string of the molecule is C[C@H]1OCCN[C@@H]1C(=O)NCc1cc(F)cc(Br)c1.Cl. The molecule has 1 aromatic carbocycles. The summed E-state index contributed by atoms with van der Waals surface area (Å²) in [4.78, 5) is 12.0. The third-order valence-electron chi connectivity index (χ3n) is 2.99. The van der Waals surface area contributed by atoms with E-state index in [2.05, 4.69) is 26.6 Å². The van der Waals surface area contributed by atoms with Crippen LogP contribution in [0.25, 0.3) is 0 Å². The van der Waals surface area contributed by atoms with Crippen LogP contribution in [-0.4, -0.2) is 31.2 Å². The fraction of sp³-hybridized carbons (Fsp3) is 0.462. The minimum Gasteiger partial charge on any atom is -0.375 e. The van der Waals surface area contributed by atoms with Gasteiger partial charge >= 0.3 is 0 Å². The van der Waals surface area contributed by atoms with Crippen molar-refractivity contribution in [2.45, 2.75) is 25.6 Å². The summed E-state index contributed by atoms with van der Waals surface area (Å²) in [5, 5.41) is 5.89. The average molecular weight is 368 g/mol. The summed E-state index contributed by atoms with van der Waals surface area (Å²) in [6, 6.07) is 4.20. The Labute approximate surface area is 132 Å². The summed E-state index contributed by atoms with van der Waals surface area (Å²) in [6.45, 7) is 3.42. The Kier molecular flexibility index (Phi) is 6.88. The number of hydrogen-bond acceptors (Lipinski definition) is 3. The molecule has 7 heteroatoms. The standard InChI is InChI=1S/C13H16BrFN2O2.ClH/c1-8-12(16-2-3-19-8)13(18)17-7-9-4-10(14)6-11(15)5-9;/h4-6,8,12,16H,2-3,7H2,1H3,(H,17,18);1H/t8-,12+;/m1./s1. The summed E-state index contributed by atoms with van der Waals surface area (Å²) in [6.07, 6.45) is -0.159. The number of hydrogen-bond donors (Lipinski definition) is 2. The van der Waals surface area contributed by atoms with Crippen LogP contribution in [0.5, 0.6) is 0 Å². The lowest BCUT2D eigenvalue weighted by Crippen LogP contribution is -2.55. The van der Waals surface area contributed by atoms with Crippen molar-refractivity contribution in [1.29, 1.82) is 0 Å². The number of morpholine rings is 1. The molecule has 20 heavy (non-hydrogen) atoms. The molecule has 1 aromatic rings. The smallest absolute Gasteiger partial charge is 0.240 e. The number of benzene rings is 1. The van der Waals surface area contributed by atoms with Crippen LogP contribution in [0.1, 0.15) is 12.5 Å². The van der Waals surface area contributed by atoms with E-state index < -0.39 is 0 Å². The van der Waals surface area contributed by atoms with Crippen molar-refractivity contribution in [3.63, 3.8) is 0 Å². The second kappa shape index (κ2) is 7.93. The van der Waals surface area contributed by atoms with Gasteiger partial charge in [0.05, 0.1) is 12.7 Å². The Balaban J connectivity index is 0.00000200. The average Bonchev–Trinajstić information content (AvgIpc) is 2.35. The van der Waals surface area contributed by atoms with Crippen molar-refractivity contribution in [2.24, 2.45) is 0 Å². The van der Waals surface area contributed by atoms with Gasteiger partial charge in [-0.15, -0.1) is 12.4 Å². The van der Waals surface area contributed by atoms with Crippen LogP contribution >= 0.6 is 28.3 Å². The zero-order valence-corrected chi connectivity index (χ0v) is 13.4. The van der Waals surface area contributed by atoms with E-state index in [1.807, 2.05) is 6.92 Å². The predicted molar refractivity (Wildman–Crippen MR) is 80.4 cm³/mol. The first-order valence-electron chi connectivity index (χ1n) is 6.14. The van der Waals surface area contributed by atoms with Gasteiger partial charge in [0, 0.05) is 17.6 Å². The molecule has 1 saturated heterocycles. The second-order valence-corrected chi connectivity index (χ2v) is 5.42. The molecule has 1 aliphatic heterocycles. The first kappa shape index (κ1) is 17.4. The van der Waals surface area contributed by atoms with Gasteiger partial charge in [0.15, 0.2) is 0 Å². The molecule has 1 amide bonds. The summed E-state index contributed by atoms with van der Waals surface area (Å²) in [7, 11) is 0. The molecule has 4 nitrogen and oxygen atoms in total. The molecular weight excluding hydrogens is 351 g/mol. The maximum absolute atomic E-state index is 13.2. The molecule has 0 unspecified atom stereocenters. The minimum atomic E-state index is -0.356. The Bertz CT molecular complexity index is 455. The maximum atomic E-state index is 13.2. The Morgan fingerprint density at radius 2 is 2.30 bits per heavy atom. The van der Waals surface area contributed by atoms with Gasteiger partial charge in [-0.3, -0.25) is 4.79 Å². The van der Waals surface area contributed by atoms with E-state index in [1.54, 1.807) is 6.07 Å². The molecular formula is C13H17BrClFN2O2. The number of carbonyl (C=O) groups excluding carboxylic acids is 1. The number of amides is 1. The monoisotopic (exact) mass is 366 g/mol. The van der Waals surface area contributed by atoms with Gasteiger partial charge in [0.2, 0.25) is 5.91 Å². The Morgan fingerprint density at radius 3 is 2.95 bits per heavy atom. The van der Waals surface area contributed by atoms with Gasteiger partial charge in [0.25, 0.3) is 0 Å². The van der Waals surface area contributed by atoms with E-state index in [-0.39, 0.29) is 36.3 Å². The summed E-state index contributed by atoms with van der Waals surface area (Å²) < 4.78 is 19.3. The third kappa shape index (κ3) is 4.70. The normalized spacial score (nSPS) is 21.9. The lowest BCUT2D eigenvalue weighted by molar-refractivity contribution is -0.129. The van der Waals surface area contributed by atoms with Crippen molar-refractivity contribution in [3.05, 3.63) is 34.1 Å². The molecule has 112 valence electrons. The molecule has 0 spiro atoms.